The fourth-order valence-corrected chi connectivity index (χ4v) is 4.98. The predicted octanol–water partition coefficient (Wildman–Crippen LogP) is 6.38. The molecule has 2 saturated heterocycles. The van der Waals surface area contributed by atoms with Gasteiger partial charge in [-0.25, -0.2) is 0 Å². The summed E-state index contributed by atoms with van der Waals surface area (Å²) in [7, 11) is 6.45. The van der Waals surface area contributed by atoms with Crippen molar-refractivity contribution < 1.29 is 42.6 Å². The van der Waals surface area contributed by atoms with E-state index in [4.69, 9.17) is 42.6 Å². The van der Waals surface area contributed by atoms with Gasteiger partial charge < -0.3 is 42.6 Å². The van der Waals surface area contributed by atoms with Crippen LogP contribution in [0.2, 0.25) is 0 Å². The first-order valence-electron chi connectivity index (χ1n) is 14.5. The van der Waals surface area contributed by atoms with Crippen LogP contribution in [0.15, 0.2) is 60.7 Å². The predicted molar refractivity (Wildman–Crippen MR) is 162 cm³/mol. The molecule has 0 aromatic heterocycles. The zero-order valence-electron chi connectivity index (χ0n) is 25.2. The lowest BCUT2D eigenvalue weighted by Crippen LogP contribution is -2.25. The Hall–Kier alpha value is -3.92. The summed E-state index contributed by atoms with van der Waals surface area (Å²) >= 11 is 0. The van der Waals surface area contributed by atoms with Gasteiger partial charge in [-0.3, -0.25) is 0 Å². The Morgan fingerprint density at radius 3 is 2.05 bits per heavy atom. The molecule has 3 aromatic rings. The minimum atomic E-state index is -0.326. The third-order valence-corrected chi connectivity index (χ3v) is 7.29. The summed E-state index contributed by atoms with van der Waals surface area (Å²) in [4.78, 5) is 0. The molecule has 0 N–H and O–H groups in total. The van der Waals surface area contributed by atoms with Crippen molar-refractivity contribution in [2.24, 2.45) is 0 Å². The maximum Gasteiger partial charge on any atom is 0.206 e. The smallest absolute Gasteiger partial charge is 0.206 e. The standard InChI is InChI=1S/C34H40O9/c1-35-26-17-24(18-27(36-2)33(26)42-21-23-11-6-5-7-12-23)13-10-16-40-32(30-22-41-30)25-19-28(37-3)34(29(20-25)38-4)43-31-14-8-9-15-39-31/h5-7,10-13,17-20,30-32H,8-9,14-16,21-22H2,1-4H3/b13-10+/t30-,31?,32?/m0/s1. The van der Waals surface area contributed by atoms with Crippen LogP contribution in [0.4, 0.5) is 0 Å². The second-order valence-electron chi connectivity index (χ2n) is 10.2. The molecular formula is C34H40O9. The Morgan fingerprint density at radius 1 is 0.814 bits per heavy atom. The van der Waals surface area contributed by atoms with Crippen LogP contribution in [-0.4, -0.2) is 60.7 Å². The molecule has 2 heterocycles. The molecule has 0 radical (unpaired) electrons. The van der Waals surface area contributed by atoms with E-state index in [1.54, 1.807) is 28.4 Å². The Kier molecular flexibility index (Phi) is 10.7. The molecule has 0 spiro atoms. The van der Waals surface area contributed by atoms with Crippen LogP contribution in [0.5, 0.6) is 34.5 Å². The number of ether oxygens (including phenoxy) is 9. The van der Waals surface area contributed by atoms with E-state index in [9.17, 15) is 0 Å². The molecule has 2 aliphatic rings. The Morgan fingerprint density at radius 2 is 1.47 bits per heavy atom. The van der Waals surface area contributed by atoms with E-state index in [0.717, 1.165) is 36.0 Å². The number of hydrogen-bond acceptors (Lipinski definition) is 9. The molecule has 43 heavy (non-hydrogen) atoms. The molecule has 0 bridgehead atoms. The molecule has 2 unspecified atom stereocenters. The number of methoxy groups -OCH3 is 4. The van der Waals surface area contributed by atoms with Gasteiger partial charge in [0.2, 0.25) is 11.5 Å². The van der Waals surface area contributed by atoms with Gasteiger partial charge in [-0.1, -0.05) is 42.5 Å². The SMILES string of the molecule is COc1cc(/C=C/COC(c2cc(OC)c(OC3CCCCO3)c(OC)c2)[C@@H]2CO2)cc(OC)c1OCc1ccccc1. The first-order valence-corrected chi connectivity index (χ1v) is 14.5. The topological polar surface area (TPSA) is 86.4 Å². The fraction of sp³-hybridized carbons (Fsp3) is 0.412. The van der Waals surface area contributed by atoms with Crippen molar-refractivity contribution in [2.75, 3.05) is 48.3 Å². The number of hydrogen-bond donors (Lipinski definition) is 0. The third kappa shape index (κ3) is 7.93. The van der Waals surface area contributed by atoms with Crippen LogP contribution in [-0.2, 0) is 20.8 Å². The molecule has 2 aliphatic heterocycles. The number of benzene rings is 3. The van der Waals surface area contributed by atoms with Crippen LogP contribution in [0.3, 0.4) is 0 Å². The summed E-state index contributed by atoms with van der Waals surface area (Å²) in [5.41, 5.74) is 2.82. The maximum absolute atomic E-state index is 6.31. The van der Waals surface area contributed by atoms with E-state index in [-0.39, 0.29) is 18.5 Å². The second-order valence-corrected chi connectivity index (χ2v) is 10.2. The highest BCUT2D eigenvalue weighted by atomic mass is 16.7. The molecule has 3 aromatic carbocycles. The molecule has 9 nitrogen and oxygen atoms in total. The number of rotatable bonds is 15. The molecule has 0 saturated carbocycles. The molecule has 230 valence electrons. The van der Waals surface area contributed by atoms with Gasteiger partial charge in [0.25, 0.3) is 0 Å². The van der Waals surface area contributed by atoms with Crippen molar-refractivity contribution in [3.05, 3.63) is 77.4 Å². The number of epoxide rings is 1. The third-order valence-electron chi connectivity index (χ3n) is 7.29. The minimum absolute atomic E-state index is 0.0579. The van der Waals surface area contributed by atoms with Crippen molar-refractivity contribution in [1.82, 2.24) is 0 Å². The maximum atomic E-state index is 6.31. The normalized spacial score (nSPS) is 18.6. The quantitative estimate of drug-likeness (QED) is 0.187. The summed E-state index contributed by atoms with van der Waals surface area (Å²) < 4.78 is 52.6. The summed E-state index contributed by atoms with van der Waals surface area (Å²) in [5, 5.41) is 0. The first-order chi connectivity index (χ1) is 21.1. The molecular weight excluding hydrogens is 552 g/mol. The van der Waals surface area contributed by atoms with Crippen molar-refractivity contribution >= 4 is 6.08 Å². The van der Waals surface area contributed by atoms with Crippen LogP contribution in [0, 0.1) is 0 Å². The van der Waals surface area contributed by atoms with Crippen molar-refractivity contribution in [3.63, 3.8) is 0 Å². The minimum Gasteiger partial charge on any atom is -0.493 e. The lowest BCUT2D eigenvalue weighted by atomic mass is 10.0. The molecule has 2 fully saturated rings. The van der Waals surface area contributed by atoms with Crippen LogP contribution in [0.1, 0.15) is 42.1 Å². The van der Waals surface area contributed by atoms with Crippen LogP contribution < -0.4 is 28.4 Å². The van der Waals surface area contributed by atoms with Gasteiger partial charge in [0, 0.05) is 6.42 Å². The molecule has 9 heteroatoms. The average molecular weight is 593 g/mol. The van der Waals surface area contributed by atoms with Gasteiger partial charge in [0.15, 0.2) is 29.3 Å². The van der Waals surface area contributed by atoms with Gasteiger partial charge in [0.1, 0.15) is 18.8 Å². The highest BCUT2D eigenvalue weighted by Gasteiger charge is 2.36. The molecule has 0 aliphatic carbocycles. The summed E-state index contributed by atoms with van der Waals surface area (Å²) in [6.45, 7) is 2.05. The van der Waals surface area contributed by atoms with Gasteiger partial charge >= 0.3 is 0 Å². The molecule has 0 amide bonds. The highest BCUT2D eigenvalue weighted by molar-refractivity contribution is 5.62. The van der Waals surface area contributed by atoms with Crippen LogP contribution in [0.25, 0.3) is 6.08 Å². The first kappa shape index (κ1) is 30.5. The Labute approximate surface area is 253 Å². The highest BCUT2D eigenvalue weighted by Crippen LogP contribution is 2.44. The van der Waals surface area contributed by atoms with E-state index >= 15 is 0 Å². The van der Waals surface area contributed by atoms with E-state index < -0.39 is 0 Å². The zero-order chi connectivity index (χ0) is 30.0. The van der Waals surface area contributed by atoms with Gasteiger partial charge in [-0.05, 0) is 53.8 Å². The van der Waals surface area contributed by atoms with E-state index in [2.05, 4.69) is 0 Å². The molecule has 3 atom stereocenters. The van der Waals surface area contributed by atoms with Crippen molar-refractivity contribution in [3.8, 4) is 34.5 Å². The largest absolute Gasteiger partial charge is 0.493 e. The van der Waals surface area contributed by atoms with E-state index in [0.29, 0.717) is 60.9 Å². The lowest BCUT2D eigenvalue weighted by molar-refractivity contribution is -0.107. The molecule has 5 rings (SSSR count). The zero-order valence-corrected chi connectivity index (χ0v) is 25.2. The second kappa shape index (κ2) is 15.0. The van der Waals surface area contributed by atoms with Gasteiger partial charge in [0.05, 0.1) is 48.3 Å². The average Bonchev–Trinajstić information content (AvgIpc) is 3.90. The summed E-state index contributed by atoms with van der Waals surface area (Å²) in [6.07, 6.45) is 6.12. The lowest BCUT2D eigenvalue weighted by Gasteiger charge is -2.26. The van der Waals surface area contributed by atoms with E-state index in [1.807, 2.05) is 66.7 Å². The van der Waals surface area contributed by atoms with Crippen molar-refractivity contribution in [1.29, 1.82) is 0 Å². The van der Waals surface area contributed by atoms with E-state index in [1.165, 1.54) is 0 Å². The monoisotopic (exact) mass is 592 g/mol. The van der Waals surface area contributed by atoms with Gasteiger partial charge in [-0.2, -0.15) is 0 Å². The van der Waals surface area contributed by atoms with Gasteiger partial charge in [-0.15, -0.1) is 0 Å². The fourth-order valence-electron chi connectivity index (χ4n) is 4.98. The Bertz CT molecular complexity index is 1300. The van der Waals surface area contributed by atoms with Crippen molar-refractivity contribution in [2.45, 2.75) is 44.4 Å². The summed E-state index contributed by atoms with van der Waals surface area (Å²) in [5.74, 6) is 3.36. The summed E-state index contributed by atoms with van der Waals surface area (Å²) in [6, 6.07) is 17.6. The van der Waals surface area contributed by atoms with Crippen LogP contribution >= 0.6 is 0 Å². The Balaban J connectivity index is 1.27.